The first-order chi connectivity index (χ1) is 22.1. The molecule has 10 nitrogen and oxygen atoms in total. The van der Waals surface area contributed by atoms with Crippen molar-refractivity contribution in [3.63, 3.8) is 0 Å². The molecule has 3 aliphatic rings. The molecule has 1 aliphatic heterocycles. The number of phenols is 1. The summed E-state index contributed by atoms with van der Waals surface area (Å²) in [5.74, 6) is -2.25. The molecule has 2 aliphatic carbocycles. The molecule has 6 rings (SSSR count). The van der Waals surface area contributed by atoms with Crippen molar-refractivity contribution in [1.29, 1.82) is 0 Å². The number of aromatic hydroxyl groups is 1. The van der Waals surface area contributed by atoms with Gasteiger partial charge in [-0.1, -0.05) is 55.7 Å². The molecule has 1 saturated heterocycles. The standard InChI is InChI=1S/C36H36O10/c1-18-30(38)34(42)35(43)36(44-18)46-26-17-24-29(33(41)27(26)21-11-7-4-8-12-21)31(39)23-15-16-25(45-19(2)37)22(28(23)32(24)40)14-13-20-9-5-3-6-10-20/h3,5-6,9-10,13-18,21,30,34-36,38,41-43H,4,7-8,11-12H2,1-2H3/b14-13+/t18-,30+,34+,35+,36+/m0/s1. The average Bonchev–Trinajstić information content (AvgIpc) is 3.04. The predicted octanol–water partition coefficient (Wildman–Crippen LogP) is 4.52. The summed E-state index contributed by atoms with van der Waals surface area (Å²) in [6, 6.07) is 13.5. The van der Waals surface area contributed by atoms with Crippen LogP contribution in [0.2, 0.25) is 0 Å². The van der Waals surface area contributed by atoms with Crippen molar-refractivity contribution >= 4 is 29.7 Å². The molecule has 46 heavy (non-hydrogen) atoms. The summed E-state index contributed by atoms with van der Waals surface area (Å²) in [6.07, 6.45) is 0.654. The Hall–Kier alpha value is -4.35. The maximum absolute atomic E-state index is 14.4. The third kappa shape index (κ3) is 5.73. The highest BCUT2D eigenvalue weighted by Crippen LogP contribution is 2.48. The number of hydrogen-bond acceptors (Lipinski definition) is 10. The molecule has 0 bridgehead atoms. The number of carbonyl (C=O) groups is 3. The van der Waals surface area contributed by atoms with E-state index in [-0.39, 0.29) is 51.0 Å². The van der Waals surface area contributed by atoms with E-state index in [1.807, 2.05) is 30.3 Å². The zero-order valence-corrected chi connectivity index (χ0v) is 25.5. The summed E-state index contributed by atoms with van der Waals surface area (Å²) >= 11 is 0. The molecule has 1 saturated carbocycles. The topological polar surface area (TPSA) is 160 Å². The van der Waals surface area contributed by atoms with Gasteiger partial charge in [0.15, 0.2) is 11.6 Å². The number of aliphatic hydroxyl groups is 3. The Morgan fingerprint density at radius 2 is 1.54 bits per heavy atom. The van der Waals surface area contributed by atoms with Gasteiger partial charge in [-0.15, -0.1) is 0 Å². The van der Waals surface area contributed by atoms with Crippen LogP contribution in [0.1, 0.15) is 100 Å². The minimum Gasteiger partial charge on any atom is -0.507 e. The summed E-state index contributed by atoms with van der Waals surface area (Å²) < 4.78 is 17.3. The Labute approximate surface area is 265 Å². The second-order valence-corrected chi connectivity index (χ2v) is 12.1. The summed E-state index contributed by atoms with van der Waals surface area (Å²) in [7, 11) is 0. The van der Waals surface area contributed by atoms with Crippen molar-refractivity contribution in [2.24, 2.45) is 0 Å². The van der Waals surface area contributed by atoms with Crippen LogP contribution >= 0.6 is 0 Å². The molecule has 0 amide bonds. The van der Waals surface area contributed by atoms with Crippen LogP contribution in [0.15, 0.2) is 48.5 Å². The van der Waals surface area contributed by atoms with E-state index in [4.69, 9.17) is 14.2 Å². The minimum atomic E-state index is -1.64. The van der Waals surface area contributed by atoms with Gasteiger partial charge in [0.05, 0.1) is 11.7 Å². The molecule has 4 N–H and O–H groups in total. The number of aliphatic hydroxyl groups excluding tert-OH is 3. The largest absolute Gasteiger partial charge is 0.507 e. The molecule has 0 spiro atoms. The molecule has 1 heterocycles. The summed E-state index contributed by atoms with van der Waals surface area (Å²) in [5.41, 5.74) is 1.12. The van der Waals surface area contributed by atoms with Gasteiger partial charge in [-0.25, -0.2) is 0 Å². The van der Waals surface area contributed by atoms with Gasteiger partial charge in [-0.2, -0.15) is 0 Å². The Morgan fingerprint density at radius 3 is 2.24 bits per heavy atom. The fourth-order valence-electron chi connectivity index (χ4n) is 6.64. The van der Waals surface area contributed by atoms with Gasteiger partial charge in [0.2, 0.25) is 6.29 Å². The molecular weight excluding hydrogens is 592 g/mol. The molecule has 5 atom stereocenters. The Bertz CT molecular complexity index is 1710. The Kier molecular flexibility index (Phi) is 8.80. The van der Waals surface area contributed by atoms with Crippen LogP contribution in [-0.2, 0) is 9.53 Å². The molecule has 10 heteroatoms. The second-order valence-electron chi connectivity index (χ2n) is 12.1. The van der Waals surface area contributed by atoms with E-state index < -0.39 is 48.2 Å². The van der Waals surface area contributed by atoms with Crippen molar-refractivity contribution in [3.8, 4) is 17.2 Å². The lowest BCUT2D eigenvalue weighted by Crippen LogP contribution is -2.58. The van der Waals surface area contributed by atoms with Gasteiger partial charge >= 0.3 is 5.97 Å². The quantitative estimate of drug-likeness (QED) is 0.136. The van der Waals surface area contributed by atoms with Crippen LogP contribution in [0.25, 0.3) is 12.2 Å². The first kappa shape index (κ1) is 31.6. The van der Waals surface area contributed by atoms with E-state index in [0.29, 0.717) is 18.4 Å². The van der Waals surface area contributed by atoms with Crippen LogP contribution in [0.3, 0.4) is 0 Å². The summed E-state index contributed by atoms with van der Waals surface area (Å²) in [6.45, 7) is 2.76. The van der Waals surface area contributed by atoms with E-state index in [1.165, 1.54) is 32.0 Å². The zero-order valence-electron chi connectivity index (χ0n) is 25.5. The number of fused-ring (bicyclic) bond motifs is 2. The normalized spacial score (nSPS) is 24.8. The first-order valence-electron chi connectivity index (χ1n) is 15.5. The SMILES string of the molecule is CC(=O)Oc1ccc2c(c1/C=C/c1ccccc1)C(=O)c1cc(O[C@H]3O[C@@H](C)[C@@H](O)[C@@H](O)[C@H]3O)c(C3CCCCC3)c(O)c1C2=O. The maximum Gasteiger partial charge on any atom is 0.308 e. The zero-order chi connectivity index (χ0) is 32.7. The van der Waals surface area contributed by atoms with E-state index >= 15 is 0 Å². The van der Waals surface area contributed by atoms with Crippen LogP contribution in [0.4, 0.5) is 0 Å². The Morgan fingerprint density at radius 1 is 0.848 bits per heavy atom. The van der Waals surface area contributed by atoms with Crippen molar-refractivity contribution in [2.45, 2.75) is 82.6 Å². The predicted molar refractivity (Wildman–Crippen MR) is 167 cm³/mol. The molecule has 0 aromatic heterocycles. The lowest BCUT2D eigenvalue weighted by molar-refractivity contribution is -0.268. The van der Waals surface area contributed by atoms with E-state index in [2.05, 4.69) is 0 Å². The monoisotopic (exact) mass is 628 g/mol. The van der Waals surface area contributed by atoms with Gasteiger partial charge < -0.3 is 34.6 Å². The minimum absolute atomic E-state index is 0.000292. The number of phenolic OH excluding ortho intramolecular Hbond substituents is 1. The van der Waals surface area contributed by atoms with Gasteiger partial charge in [-0.05, 0) is 55.5 Å². The number of benzene rings is 3. The molecule has 240 valence electrons. The van der Waals surface area contributed by atoms with Gasteiger partial charge in [-0.3, -0.25) is 14.4 Å². The van der Waals surface area contributed by atoms with Crippen LogP contribution < -0.4 is 9.47 Å². The third-order valence-electron chi connectivity index (χ3n) is 9.01. The maximum atomic E-state index is 14.4. The van der Waals surface area contributed by atoms with Crippen molar-refractivity contribution in [2.75, 3.05) is 0 Å². The lowest BCUT2D eigenvalue weighted by Gasteiger charge is -2.39. The average molecular weight is 629 g/mol. The highest BCUT2D eigenvalue weighted by Gasteiger charge is 2.45. The number of ether oxygens (including phenoxy) is 3. The lowest BCUT2D eigenvalue weighted by atomic mass is 9.76. The third-order valence-corrected chi connectivity index (χ3v) is 9.01. The number of rotatable bonds is 6. The highest BCUT2D eigenvalue weighted by molar-refractivity contribution is 6.31. The fourth-order valence-corrected chi connectivity index (χ4v) is 6.64. The van der Waals surface area contributed by atoms with Gasteiger partial charge in [0.1, 0.15) is 35.6 Å². The van der Waals surface area contributed by atoms with Gasteiger partial charge in [0, 0.05) is 34.7 Å². The molecule has 2 fully saturated rings. The van der Waals surface area contributed by atoms with Gasteiger partial charge in [0.25, 0.3) is 0 Å². The van der Waals surface area contributed by atoms with Crippen molar-refractivity contribution < 1.29 is 49.0 Å². The fraction of sp³-hybridized carbons (Fsp3) is 0.361. The molecule has 0 radical (unpaired) electrons. The molecule has 3 aromatic rings. The highest BCUT2D eigenvalue weighted by atomic mass is 16.7. The van der Waals surface area contributed by atoms with Crippen molar-refractivity contribution in [1.82, 2.24) is 0 Å². The number of carbonyl (C=O) groups excluding carboxylic acids is 3. The van der Waals surface area contributed by atoms with E-state index in [1.54, 1.807) is 12.2 Å². The van der Waals surface area contributed by atoms with Crippen LogP contribution in [0.5, 0.6) is 17.2 Å². The summed E-state index contributed by atoms with van der Waals surface area (Å²) in [5, 5.41) is 43.1. The summed E-state index contributed by atoms with van der Waals surface area (Å²) in [4.78, 5) is 40.5. The molecule has 3 aromatic carbocycles. The molecular formula is C36H36O10. The Balaban J connectivity index is 1.51. The van der Waals surface area contributed by atoms with E-state index in [0.717, 1.165) is 24.8 Å². The van der Waals surface area contributed by atoms with Crippen LogP contribution in [0, 0.1) is 0 Å². The second kappa shape index (κ2) is 12.8. The smallest absolute Gasteiger partial charge is 0.308 e. The first-order valence-corrected chi connectivity index (χ1v) is 15.5. The van der Waals surface area contributed by atoms with Crippen molar-refractivity contribution in [3.05, 3.63) is 87.5 Å². The number of esters is 1. The van der Waals surface area contributed by atoms with Crippen LogP contribution in [-0.4, -0.2) is 68.7 Å². The number of hydrogen-bond donors (Lipinski definition) is 4. The number of ketones is 2. The molecule has 0 unspecified atom stereocenters. The van der Waals surface area contributed by atoms with E-state index in [9.17, 15) is 34.8 Å².